The van der Waals surface area contributed by atoms with Gasteiger partial charge in [-0.05, 0) is 84.6 Å². The minimum atomic E-state index is -1.61. The number of benzene rings is 2. The Labute approximate surface area is 260 Å². The largest absolute Gasteiger partial charge is 0.417 e. The molecule has 2 aromatic heterocycles. The van der Waals surface area contributed by atoms with E-state index in [1.807, 2.05) is 17.4 Å². The highest BCUT2D eigenvalue weighted by Crippen LogP contribution is 2.39. The summed E-state index contributed by atoms with van der Waals surface area (Å²) in [5.74, 6) is 0. The van der Waals surface area contributed by atoms with Crippen molar-refractivity contribution in [2.75, 3.05) is 25.1 Å². The molecule has 2 heterocycles. The SMILES string of the molecule is CN(CCCCCCCO[Si](C)(C)C(C)(C)C)c1ccc(-c2cc3sc(/C=C/c4ccc([N+](=O)[O-])cc4)cc3s2)cc1. The van der Waals surface area contributed by atoms with Gasteiger partial charge in [0, 0.05) is 57.2 Å². The molecule has 0 unspecified atom stereocenters. The van der Waals surface area contributed by atoms with Crippen molar-refractivity contribution in [3.8, 4) is 10.4 Å². The molecule has 0 saturated heterocycles. The van der Waals surface area contributed by atoms with E-state index in [1.54, 1.807) is 23.5 Å². The van der Waals surface area contributed by atoms with Crippen LogP contribution in [0.25, 0.3) is 32.0 Å². The number of rotatable bonds is 14. The van der Waals surface area contributed by atoms with E-state index in [2.05, 4.69) is 88.3 Å². The summed E-state index contributed by atoms with van der Waals surface area (Å²) in [6.45, 7) is 13.6. The van der Waals surface area contributed by atoms with E-state index in [-0.39, 0.29) is 10.6 Å². The molecule has 4 rings (SSSR count). The Morgan fingerprint density at radius 1 is 0.881 bits per heavy atom. The van der Waals surface area contributed by atoms with E-state index in [4.69, 9.17) is 4.43 Å². The molecule has 0 bridgehead atoms. The first-order valence-corrected chi connectivity index (χ1v) is 19.4. The summed E-state index contributed by atoms with van der Waals surface area (Å²) in [4.78, 5) is 15.3. The summed E-state index contributed by atoms with van der Waals surface area (Å²) in [6, 6.07) is 20.1. The molecule has 224 valence electrons. The summed E-state index contributed by atoms with van der Waals surface area (Å²) < 4.78 is 8.87. The summed E-state index contributed by atoms with van der Waals surface area (Å²) in [5.41, 5.74) is 3.58. The molecule has 0 radical (unpaired) electrons. The van der Waals surface area contributed by atoms with Crippen LogP contribution in [0.15, 0.2) is 60.7 Å². The summed E-state index contributed by atoms with van der Waals surface area (Å²) in [6.07, 6.45) is 10.3. The molecule has 0 aliphatic rings. The van der Waals surface area contributed by atoms with Crippen LogP contribution in [0.2, 0.25) is 18.1 Å². The zero-order valence-corrected chi connectivity index (χ0v) is 28.4. The number of thiophene rings is 2. The van der Waals surface area contributed by atoms with Crippen LogP contribution in [0.1, 0.15) is 63.3 Å². The number of nitro benzene ring substituents is 1. The Hall–Kier alpha value is -2.78. The first-order valence-electron chi connectivity index (χ1n) is 14.8. The zero-order chi connectivity index (χ0) is 30.3. The number of nitrogens with zero attached hydrogens (tertiary/aromatic N) is 2. The third-order valence-electron chi connectivity index (χ3n) is 8.27. The van der Waals surface area contributed by atoms with E-state index >= 15 is 0 Å². The molecule has 8 heteroatoms. The Morgan fingerprint density at radius 3 is 2.17 bits per heavy atom. The van der Waals surface area contributed by atoms with Crippen molar-refractivity contribution in [3.05, 3.63) is 81.2 Å². The van der Waals surface area contributed by atoms with Crippen LogP contribution < -0.4 is 4.90 Å². The molecular weight excluding hydrogens is 577 g/mol. The molecule has 0 N–H and O–H groups in total. The van der Waals surface area contributed by atoms with Crippen molar-refractivity contribution in [1.29, 1.82) is 0 Å². The quantitative estimate of drug-likeness (QED) is 0.0609. The summed E-state index contributed by atoms with van der Waals surface area (Å²) in [5, 5.41) is 11.1. The molecule has 42 heavy (non-hydrogen) atoms. The fourth-order valence-electron chi connectivity index (χ4n) is 4.50. The minimum Gasteiger partial charge on any atom is -0.417 e. The molecule has 0 aliphatic heterocycles. The van der Waals surface area contributed by atoms with Gasteiger partial charge in [0.25, 0.3) is 5.69 Å². The van der Waals surface area contributed by atoms with Gasteiger partial charge in [-0.15, -0.1) is 22.7 Å². The van der Waals surface area contributed by atoms with Gasteiger partial charge in [-0.3, -0.25) is 10.1 Å². The van der Waals surface area contributed by atoms with Gasteiger partial charge in [0.1, 0.15) is 0 Å². The first kappa shape index (κ1) is 32.1. The lowest BCUT2D eigenvalue weighted by Gasteiger charge is -2.36. The third-order valence-corrected chi connectivity index (χ3v) is 15.1. The molecule has 0 amide bonds. The minimum absolute atomic E-state index is 0.112. The maximum absolute atomic E-state index is 10.8. The first-order chi connectivity index (χ1) is 19.9. The molecule has 4 aromatic rings. The second kappa shape index (κ2) is 14.1. The number of non-ortho nitro benzene ring substituents is 1. The summed E-state index contributed by atoms with van der Waals surface area (Å²) in [7, 11) is 0.582. The van der Waals surface area contributed by atoms with E-state index < -0.39 is 8.32 Å². The molecule has 2 aromatic carbocycles. The highest BCUT2D eigenvalue weighted by molar-refractivity contribution is 7.29. The fourth-order valence-corrected chi connectivity index (χ4v) is 7.90. The van der Waals surface area contributed by atoms with Gasteiger partial charge >= 0.3 is 0 Å². The Kier molecular flexibility index (Phi) is 10.8. The van der Waals surface area contributed by atoms with Crippen LogP contribution >= 0.6 is 22.7 Å². The lowest BCUT2D eigenvalue weighted by Crippen LogP contribution is -2.40. The molecule has 0 saturated carbocycles. The van der Waals surface area contributed by atoms with Crippen molar-refractivity contribution in [2.45, 2.75) is 71.0 Å². The highest BCUT2D eigenvalue weighted by atomic mass is 32.1. The van der Waals surface area contributed by atoms with Crippen molar-refractivity contribution in [1.82, 2.24) is 0 Å². The van der Waals surface area contributed by atoms with Crippen LogP contribution in [0, 0.1) is 10.1 Å². The second-order valence-electron chi connectivity index (χ2n) is 12.5. The van der Waals surface area contributed by atoms with Crippen molar-refractivity contribution < 1.29 is 9.35 Å². The van der Waals surface area contributed by atoms with Crippen LogP contribution in [0.4, 0.5) is 11.4 Å². The Bertz CT molecular complexity index is 1450. The lowest BCUT2D eigenvalue weighted by atomic mass is 10.1. The standard InChI is InChI=1S/C34H44N2O3S2Si/c1-34(2,3)42(5,6)39-23-11-9-7-8-10-22-35(4)28-19-15-27(16-20-28)31-25-33-32(41-31)24-30(40-33)21-14-26-12-17-29(18-13-26)36(37)38/h12-21,24-25H,7-11,22-23H2,1-6H3/b21-14+. The second-order valence-corrected chi connectivity index (χ2v) is 19.5. The van der Waals surface area contributed by atoms with Crippen LogP contribution in [0.5, 0.6) is 0 Å². The van der Waals surface area contributed by atoms with E-state index in [0.29, 0.717) is 5.04 Å². The van der Waals surface area contributed by atoms with E-state index in [0.717, 1.165) is 18.7 Å². The maximum atomic E-state index is 10.8. The predicted octanol–water partition coefficient (Wildman–Crippen LogP) is 11.1. The Balaban J connectivity index is 1.21. The normalized spacial score (nSPS) is 12.4. The molecule has 0 aliphatic carbocycles. The van der Waals surface area contributed by atoms with Crippen LogP contribution in [0.3, 0.4) is 0 Å². The summed E-state index contributed by atoms with van der Waals surface area (Å²) >= 11 is 3.59. The topological polar surface area (TPSA) is 55.6 Å². The van der Waals surface area contributed by atoms with Gasteiger partial charge in [0.05, 0.1) is 4.92 Å². The van der Waals surface area contributed by atoms with Crippen LogP contribution in [-0.2, 0) is 4.43 Å². The number of unbranched alkanes of at least 4 members (excludes halogenated alkanes) is 4. The Morgan fingerprint density at radius 2 is 1.52 bits per heavy atom. The average Bonchev–Trinajstić information content (AvgIpc) is 3.52. The van der Waals surface area contributed by atoms with E-state index in [9.17, 15) is 10.1 Å². The van der Waals surface area contributed by atoms with Gasteiger partial charge in [0.2, 0.25) is 0 Å². The van der Waals surface area contributed by atoms with Gasteiger partial charge in [-0.2, -0.15) is 0 Å². The third kappa shape index (κ3) is 8.63. The molecule has 0 atom stereocenters. The number of hydrogen-bond acceptors (Lipinski definition) is 6. The van der Waals surface area contributed by atoms with Crippen LogP contribution in [-0.4, -0.2) is 33.4 Å². The fraction of sp³-hybridized carbons (Fsp3) is 0.412. The van der Waals surface area contributed by atoms with Gasteiger partial charge in [-0.1, -0.05) is 58.2 Å². The predicted molar refractivity (Wildman–Crippen MR) is 187 cm³/mol. The van der Waals surface area contributed by atoms with Crippen molar-refractivity contribution in [3.63, 3.8) is 0 Å². The molecule has 5 nitrogen and oxygen atoms in total. The number of fused-ring (bicyclic) bond motifs is 1. The molecule has 0 spiro atoms. The highest BCUT2D eigenvalue weighted by Gasteiger charge is 2.36. The number of nitro groups is 1. The molecular formula is C34H44N2O3S2Si. The van der Waals surface area contributed by atoms with E-state index in [1.165, 1.54) is 74.6 Å². The maximum Gasteiger partial charge on any atom is 0.269 e. The average molecular weight is 621 g/mol. The number of anilines is 1. The smallest absolute Gasteiger partial charge is 0.269 e. The lowest BCUT2D eigenvalue weighted by molar-refractivity contribution is -0.384. The van der Waals surface area contributed by atoms with Crippen molar-refractivity contribution in [2.24, 2.45) is 0 Å². The number of hydrogen-bond donors (Lipinski definition) is 0. The van der Waals surface area contributed by atoms with Gasteiger partial charge in [0.15, 0.2) is 8.32 Å². The monoisotopic (exact) mass is 620 g/mol. The zero-order valence-electron chi connectivity index (χ0n) is 25.8. The van der Waals surface area contributed by atoms with Gasteiger partial charge in [-0.25, -0.2) is 0 Å². The molecule has 0 fully saturated rings. The van der Waals surface area contributed by atoms with Gasteiger partial charge < -0.3 is 9.33 Å². The van der Waals surface area contributed by atoms with Crippen molar-refractivity contribution >= 4 is 63.9 Å².